The van der Waals surface area contributed by atoms with Gasteiger partial charge in [0, 0.05) is 5.57 Å². The van der Waals surface area contributed by atoms with Crippen molar-refractivity contribution >= 4 is 5.97 Å². The average Bonchev–Trinajstić information content (AvgIpc) is 2.83. The molecule has 0 saturated carbocycles. The van der Waals surface area contributed by atoms with E-state index in [9.17, 15) is 9.90 Å². The van der Waals surface area contributed by atoms with E-state index in [1.54, 1.807) is 6.92 Å². The molecule has 0 radical (unpaired) electrons. The van der Waals surface area contributed by atoms with Gasteiger partial charge in [0.15, 0.2) is 0 Å². The summed E-state index contributed by atoms with van der Waals surface area (Å²) in [6.45, 7) is 7.75. The molecule has 0 amide bonds. The van der Waals surface area contributed by atoms with Gasteiger partial charge in [-0.25, -0.2) is 4.79 Å². The fourth-order valence-corrected chi connectivity index (χ4v) is 3.67. The smallest absolute Gasteiger partial charge is 0.333 e. The first kappa shape index (κ1) is 23.5. The Bertz CT molecular complexity index is 1050. The Morgan fingerprint density at radius 1 is 0.875 bits per heavy atom. The zero-order chi connectivity index (χ0) is 22.9. The van der Waals surface area contributed by atoms with Crippen molar-refractivity contribution in [1.82, 2.24) is 0 Å². The van der Waals surface area contributed by atoms with Gasteiger partial charge < -0.3 is 9.84 Å². The van der Waals surface area contributed by atoms with E-state index in [0.717, 1.165) is 39.8 Å². The number of carbonyl (C=O) groups excluding carboxylic acids is 1. The summed E-state index contributed by atoms with van der Waals surface area (Å²) in [5, 5.41) is 9.30. The molecule has 3 rings (SSSR count). The Hall–Kier alpha value is -3.17. The summed E-state index contributed by atoms with van der Waals surface area (Å²) in [5.41, 5.74) is 7.80. The monoisotopic (exact) mass is 428 g/mol. The molecular weight excluding hydrogens is 396 g/mol. The highest BCUT2D eigenvalue weighted by Crippen LogP contribution is 2.30. The standard InChI is InChI=1S/C29H32O3/c1-4-5-6-7-22-8-14-25(15-9-22)28-17-16-26(24-12-10-23(19-30)11-13-24)18-27(28)20-32-29(31)21(2)3/h8-18,30H,2,4-7,19-20H2,1,3H3. The lowest BCUT2D eigenvalue weighted by Crippen LogP contribution is -2.06. The fraction of sp³-hybridized carbons (Fsp3) is 0.276. The molecule has 1 N–H and O–H groups in total. The van der Waals surface area contributed by atoms with Crippen LogP contribution in [0.4, 0.5) is 0 Å². The molecule has 0 atom stereocenters. The highest BCUT2D eigenvalue weighted by molar-refractivity contribution is 5.87. The van der Waals surface area contributed by atoms with E-state index in [-0.39, 0.29) is 19.2 Å². The van der Waals surface area contributed by atoms with Crippen molar-refractivity contribution in [1.29, 1.82) is 0 Å². The van der Waals surface area contributed by atoms with Crippen LogP contribution in [0.3, 0.4) is 0 Å². The molecule has 3 nitrogen and oxygen atoms in total. The van der Waals surface area contributed by atoms with Gasteiger partial charge in [0.05, 0.1) is 6.61 Å². The van der Waals surface area contributed by atoms with Crippen LogP contribution in [-0.4, -0.2) is 11.1 Å². The van der Waals surface area contributed by atoms with Crippen LogP contribution in [0.5, 0.6) is 0 Å². The summed E-state index contributed by atoms with van der Waals surface area (Å²) in [6, 6.07) is 22.8. The predicted molar refractivity (Wildman–Crippen MR) is 131 cm³/mol. The topological polar surface area (TPSA) is 46.5 Å². The van der Waals surface area contributed by atoms with Gasteiger partial charge in [-0.05, 0) is 64.8 Å². The number of unbranched alkanes of at least 4 members (excludes halogenated alkanes) is 2. The molecular formula is C29H32O3. The Balaban J connectivity index is 1.91. The molecule has 0 aromatic heterocycles. The third kappa shape index (κ3) is 6.18. The van der Waals surface area contributed by atoms with E-state index >= 15 is 0 Å². The van der Waals surface area contributed by atoms with Crippen molar-refractivity contribution in [2.75, 3.05) is 0 Å². The Labute approximate surface area is 191 Å². The van der Waals surface area contributed by atoms with Gasteiger partial charge in [0.25, 0.3) is 0 Å². The molecule has 0 fully saturated rings. The number of aliphatic hydroxyl groups excluding tert-OH is 1. The fourth-order valence-electron chi connectivity index (χ4n) is 3.67. The molecule has 0 bridgehead atoms. The number of hydrogen-bond donors (Lipinski definition) is 1. The lowest BCUT2D eigenvalue weighted by atomic mass is 9.94. The minimum absolute atomic E-state index is 0.0236. The number of rotatable bonds is 10. The van der Waals surface area contributed by atoms with Gasteiger partial charge in [0.2, 0.25) is 0 Å². The summed E-state index contributed by atoms with van der Waals surface area (Å²) in [4.78, 5) is 12.0. The number of ether oxygens (including phenoxy) is 1. The maximum absolute atomic E-state index is 12.0. The second-order valence-electron chi connectivity index (χ2n) is 8.24. The quantitative estimate of drug-likeness (QED) is 0.218. The molecule has 3 aromatic carbocycles. The van der Waals surface area contributed by atoms with E-state index in [1.807, 2.05) is 24.3 Å². The van der Waals surface area contributed by atoms with Crippen molar-refractivity contribution in [3.8, 4) is 22.3 Å². The lowest BCUT2D eigenvalue weighted by molar-refractivity contribution is -0.140. The van der Waals surface area contributed by atoms with Gasteiger partial charge in [0.1, 0.15) is 6.61 Å². The molecule has 0 aliphatic heterocycles. The van der Waals surface area contributed by atoms with E-state index in [1.165, 1.54) is 24.8 Å². The summed E-state index contributed by atoms with van der Waals surface area (Å²) >= 11 is 0. The number of aryl methyl sites for hydroxylation is 1. The number of esters is 1. The number of hydrogen-bond acceptors (Lipinski definition) is 3. The van der Waals surface area contributed by atoms with E-state index in [0.29, 0.717) is 5.57 Å². The maximum atomic E-state index is 12.0. The molecule has 32 heavy (non-hydrogen) atoms. The third-order valence-corrected chi connectivity index (χ3v) is 5.62. The van der Waals surface area contributed by atoms with Crippen LogP contribution >= 0.6 is 0 Å². The first-order chi connectivity index (χ1) is 15.5. The van der Waals surface area contributed by atoms with Crippen LogP contribution in [-0.2, 0) is 29.2 Å². The normalized spacial score (nSPS) is 10.7. The highest BCUT2D eigenvalue weighted by atomic mass is 16.5. The van der Waals surface area contributed by atoms with Gasteiger partial charge in [-0.1, -0.05) is 87.0 Å². The predicted octanol–water partition coefficient (Wildman–Crippen LogP) is 6.86. The summed E-state index contributed by atoms with van der Waals surface area (Å²) in [6.07, 6.45) is 4.78. The van der Waals surface area contributed by atoms with E-state index in [2.05, 4.69) is 56.0 Å². The molecule has 0 saturated heterocycles. The van der Waals surface area contributed by atoms with Crippen LogP contribution in [0.1, 0.15) is 49.8 Å². The van der Waals surface area contributed by atoms with Crippen molar-refractivity contribution in [3.05, 3.63) is 95.6 Å². The van der Waals surface area contributed by atoms with Gasteiger partial charge >= 0.3 is 5.97 Å². The van der Waals surface area contributed by atoms with Crippen LogP contribution in [0.25, 0.3) is 22.3 Å². The second kappa shape index (κ2) is 11.4. The summed E-state index contributed by atoms with van der Waals surface area (Å²) in [5.74, 6) is -0.389. The Morgan fingerprint density at radius 3 is 2.12 bits per heavy atom. The molecule has 0 heterocycles. The van der Waals surface area contributed by atoms with Crippen LogP contribution in [0.2, 0.25) is 0 Å². The molecule has 3 heteroatoms. The third-order valence-electron chi connectivity index (χ3n) is 5.62. The van der Waals surface area contributed by atoms with Crippen molar-refractivity contribution in [2.45, 2.75) is 52.7 Å². The molecule has 0 aliphatic carbocycles. The van der Waals surface area contributed by atoms with Crippen LogP contribution < -0.4 is 0 Å². The molecule has 0 aliphatic rings. The first-order valence-corrected chi connectivity index (χ1v) is 11.3. The average molecular weight is 429 g/mol. The van der Waals surface area contributed by atoms with Gasteiger partial charge in [-0.3, -0.25) is 0 Å². The lowest BCUT2D eigenvalue weighted by Gasteiger charge is -2.14. The van der Waals surface area contributed by atoms with Gasteiger partial charge in [-0.2, -0.15) is 0 Å². The molecule has 0 unspecified atom stereocenters. The summed E-state index contributed by atoms with van der Waals surface area (Å²) < 4.78 is 5.50. The second-order valence-corrected chi connectivity index (χ2v) is 8.24. The maximum Gasteiger partial charge on any atom is 0.333 e. The SMILES string of the molecule is C=C(C)C(=O)OCc1cc(-c2ccc(CO)cc2)ccc1-c1ccc(CCCCC)cc1. The summed E-state index contributed by atoms with van der Waals surface area (Å²) in [7, 11) is 0. The van der Waals surface area contributed by atoms with Crippen LogP contribution in [0.15, 0.2) is 78.9 Å². The van der Waals surface area contributed by atoms with Gasteiger partial charge in [-0.15, -0.1) is 0 Å². The van der Waals surface area contributed by atoms with Crippen molar-refractivity contribution in [2.24, 2.45) is 0 Å². The minimum atomic E-state index is -0.389. The minimum Gasteiger partial charge on any atom is -0.457 e. The van der Waals surface area contributed by atoms with E-state index < -0.39 is 0 Å². The largest absolute Gasteiger partial charge is 0.457 e. The van der Waals surface area contributed by atoms with E-state index in [4.69, 9.17) is 4.74 Å². The number of aliphatic hydroxyl groups is 1. The highest BCUT2D eigenvalue weighted by Gasteiger charge is 2.11. The van der Waals surface area contributed by atoms with Crippen molar-refractivity contribution in [3.63, 3.8) is 0 Å². The molecule has 166 valence electrons. The molecule has 0 spiro atoms. The Morgan fingerprint density at radius 2 is 1.50 bits per heavy atom. The number of carbonyl (C=O) groups is 1. The Kier molecular flexibility index (Phi) is 8.41. The number of benzene rings is 3. The molecule has 3 aromatic rings. The van der Waals surface area contributed by atoms with Crippen LogP contribution in [0, 0.1) is 0 Å². The zero-order valence-corrected chi connectivity index (χ0v) is 19.1. The zero-order valence-electron chi connectivity index (χ0n) is 19.1. The van der Waals surface area contributed by atoms with Crippen molar-refractivity contribution < 1.29 is 14.6 Å². The first-order valence-electron chi connectivity index (χ1n) is 11.3.